The van der Waals surface area contributed by atoms with E-state index in [1.54, 1.807) is 0 Å². The largest absolute Gasteiger partial charge is 0.462 e. The highest BCUT2D eigenvalue weighted by atomic mass is 16.6. The van der Waals surface area contributed by atoms with Gasteiger partial charge < -0.3 is 19.6 Å². The molecule has 0 unspecified atom stereocenters. The van der Waals surface area contributed by atoms with Crippen molar-refractivity contribution in [1.29, 1.82) is 0 Å². The highest BCUT2D eigenvalue weighted by Gasteiger charge is 2.19. The van der Waals surface area contributed by atoms with Gasteiger partial charge in [-0.1, -0.05) is 0 Å². The second kappa shape index (κ2) is 3.91. The van der Waals surface area contributed by atoms with E-state index in [1.165, 1.54) is 0 Å². The zero-order valence-corrected chi connectivity index (χ0v) is 7.36. The van der Waals surface area contributed by atoms with Crippen LogP contribution in [0.15, 0.2) is 16.5 Å². The zero-order valence-electron chi connectivity index (χ0n) is 7.36. The van der Waals surface area contributed by atoms with Crippen LogP contribution in [0.25, 0.3) is 0 Å². The van der Waals surface area contributed by atoms with Gasteiger partial charge in [-0.25, -0.2) is 0 Å². The Labute approximate surface area is 76.6 Å². The van der Waals surface area contributed by atoms with Crippen molar-refractivity contribution in [2.45, 2.75) is 19.3 Å². The molecule has 0 spiro atoms. The lowest BCUT2D eigenvalue weighted by atomic mass is 10.3. The van der Waals surface area contributed by atoms with E-state index in [1.807, 2.05) is 12.1 Å². The summed E-state index contributed by atoms with van der Waals surface area (Å²) in [5.41, 5.74) is 5.40. The molecule has 0 aliphatic carbocycles. The molecule has 1 aromatic rings. The molecule has 0 bridgehead atoms. The minimum atomic E-state index is 0.242. The van der Waals surface area contributed by atoms with Crippen molar-refractivity contribution in [3.8, 4) is 0 Å². The quantitative estimate of drug-likeness (QED) is 0.744. The van der Waals surface area contributed by atoms with E-state index in [2.05, 4.69) is 0 Å². The van der Waals surface area contributed by atoms with Gasteiger partial charge in [0.2, 0.25) is 0 Å². The van der Waals surface area contributed by atoms with Gasteiger partial charge in [0.05, 0.1) is 19.8 Å². The van der Waals surface area contributed by atoms with Crippen molar-refractivity contribution < 1.29 is 13.9 Å². The normalized spacial score (nSPS) is 17.3. The Hall–Kier alpha value is -0.840. The van der Waals surface area contributed by atoms with Crippen molar-refractivity contribution in [2.24, 2.45) is 5.73 Å². The Morgan fingerprint density at radius 2 is 2.15 bits per heavy atom. The molecule has 0 radical (unpaired) electrons. The fourth-order valence-corrected chi connectivity index (χ4v) is 1.12. The number of hydrogen-bond acceptors (Lipinski definition) is 4. The maximum Gasteiger partial charge on any atom is 0.129 e. The average molecular weight is 183 g/mol. The summed E-state index contributed by atoms with van der Waals surface area (Å²) in [5, 5.41) is 0. The van der Waals surface area contributed by atoms with Crippen molar-refractivity contribution in [1.82, 2.24) is 0 Å². The topological polar surface area (TPSA) is 57.6 Å². The van der Waals surface area contributed by atoms with E-state index in [9.17, 15) is 0 Å². The third-order valence-electron chi connectivity index (χ3n) is 1.99. The van der Waals surface area contributed by atoms with Crippen LogP contribution in [-0.2, 0) is 22.6 Å². The molecule has 0 saturated carbocycles. The maximum atomic E-state index is 5.46. The second-order valence-electron chi connectivity index (χ2n) is 3.04. The Balaban J connectivity index is 1.79. The van der Waals surface area contributed by atoms with Crippen molar-refractivity contribution in [2.75, 3.05) is 13.2 Å². The second-order valence-corrected chi connectivity index (χ2v) is 3.04. The molecular weight excluding hydrogens is 170 g/mol. The smallest absolute Gasteiger partial charge is 0.129 e. The number of furan rings is 1. The van der Waals surface area contributed by atoms with E-state index < -0.39 is 0 Å². The molecule has 1 fully saturated rings. The van der Waals surface area contributed by atoms with Crippen LogP contribution >= 0.6 is 0 Å². The van der Waals surface area contributed by atoms with E-state index >= 15 is 0 Å². The first-order valence-corrected chi connectivity index (χ1v) is 4.35. The van der Waals surface area contributed by atoms with Gasteiger partial charge in [-0.2, -0.15) is 0 Å². The van der Waals surface area contributed by atoms with E-state index in [4.69, 9.17) is 19.6 Å². The molecule has 1 saturated heterocycles. The molecule has 2 heterocycles. The molecule has 2 N–H and O–H groups in total. The summed E-state index contributed by atoms with van der Waals surface area (Å²) in [5.74, 6) is 1.62. The average Bonchev–Trinajstić information content (AvgIpc) is 2.49. The molecule has 1 aromatic heterocycles. The Bertz CT molecular complexity index is 268. The van der Waals surface area contributed by atoms with E-state index in [-0.39, 0.29) is 6.10 Å². The Kier molecular flexibility index (Phi) is 2.63. The van der Waals surface area contributed by atoms with Crippen LogP contribution in [0.5, 0.6) is 0 Å². The lowest BCUT2D eigenvalue weighted by molar-refractivity contribution is -0.137. The molecule has 2 rings (SSSR count). The first kappa shape index (κ1) is 8.74. The summed E-state index contributed by atoms with van der Waals surface area (Å²) in [4.78, 5) is 0. The van der Waals surface area contributed by atoms with Crippen LogP contribution in [0, 0.1) is 0 Å². The lowest BCUT2D eigenvalue weighted by Gasteiger charge is -2.25. The number of ether oxygens (including phenoxy) is 2. The predicted octanol–water partition coefficient (Wildman–Crippen LogP) is 0.654. The van der Waals surface area contributed by atoms with E-state index in [0.29, 0.717) is 26.4 Å². The zero-order chi connectivity index (χ0) is 9.10. The number of hydrogen-bond donors (Lipinski definition) is 1. The fourth-order valence-electron chi connectivity index (χ4n) is 1.12. The number of nitrogens with two attached hydrogens (primary N) is 1. The SMILES string of the molecule is NCc1ccc(COC2COC2)o1. The third kappa shape index (κ3) is 2.09. The van der Waals surface area contributed by atoms with Crippen LogP contribution < -0.4 is 5.73 Å². The minimum absolute atomic E-state index is 0.242. The van der Waals surface area contributed by atoms with Gasteiger partial charge >= 0.3 is 0 Å². The Morgan fingerprint density at radius 1 is 1.38 bits per heavy atom. The monoisotopic (exact) mass is 183 g/mol. The van der Waals surface area contributed by atoms with Gasteiger partial charge in [0.15, 0.2) is 0 Å². The number of rotatable bonds is 4. The van der Waals surface area contributed by atoms with Crippen molar-refractivity contribution in [3.05, 3.63) is 23.7 Å². The van der Waals surface area contributed by atoms with E-state index in [0.717, 1.165) is 11.5 Å². The van der Waals surface area contributed by atoms with Crippen molar-refractivity contribution in [3.63, 3.8) is 0 Å². The third-order valence-corrected chi connectivity index (χ3v) is 1.99. The molecule has 0 aromatic carbocycles. The van der Waals surface area contributed by atoms with Gasteiger partial charge in [-0.15, -0.1) is 0 Å². The van der Waals surface area contributed by atoms with Crippen LogP contribution in [0.1, 0.15) is 11.5 Å². The maximum absolute atomic E-state index is 5.46. The summed E-state index contributed by atoms with van der Waals surface area (Å²) >= 11 is 0. The van der Waals surface area contributed by atoms with Crippen LogP contribution in [0.4, 0.5) is 0 Å². The summed E-state index contributed by atoms with van der Waals surface area (Å²) in [6, 6.07) is 3.76. The molecular formula is C9H13NO3. The Morgan fingerprint density at radius 3 is 2.69 bits per heavy atom. The highest BCUT2D eigenvalue weighted by molar-refractivity contribution is 5.05. The summed E-state index contributed by atoms with van der Waals surface area (Å²) in [6.07, 6.45) is 0.242. The summed E-state index contributed by atoms with van der Waals surface area (Å²) < 4.78 is 15.8. The molecule has 72 valence electrons. The summed E-state index contributed by atoms with van der Waals surface area (Å²) in [7, 11) is 0. The molecule has 4 nitrogen and oxygen atoms in total. The highest BCUT2D eigenvalue weighted by Crippen LogP contribution is 2.12. The lowest BCUT2D eigenvalue weighted by Crippen LogP contribution is -2.35. The first-order chi connectivity index (χ1) is 6.38. The van der Waals surface area contributed by atoms with Crippen LogP contribution in [0.3, 0.4) is 0 Å². The van der Waals surface area contributed by atoms with Crippen molar-refractivity contribution >= 4 is 0 Å². The van der Waals surface area contributed by atoms with Crippen LogP contribution in [-0.4, -0.2) is 19.3 Å². The summed E-state index contributed by atoms with van der Waals surface area (Å²) in [6.45, 7) is 2.34. The molecule has 1 aliphatic heterocycles. The standard InChI is InChI=1S/C9H13NO3/c10-3-7-1-2-8(13-7)6-12-9-4-11-5-9/h1-2,9H,3-6,10H2. The van der Waals surface area contributed by atoms with Gasteiger partial charge in [-0.3, -0.25) is 0 Å². The predicted molar refractivity (Wildman–Crippen MR) is 46.0 cm³/mol. The molecule has 0 amide bonds. The molecule has 0 atom stereocenters. The fraction of sp³-hybridized carbons (Fsp3) is 0.556. The first-order valence-electron chi connectivity index (χ1n) is 4.35. The van der Waals surface area contributed by atoms with Gasteiger partial charge in [-0.05, 0) is 12.1 Å². The van der Waals surface area contributed by atoms with Gasteiger partial charge in [0.25, 0.3) is 0 Å². The molecule has 13 heavy (non-hydrogen) atoms. The van der Waals surface area contributed by atoms with Crippen LogP contribution in [0.2, 0.25) is 0 Å². The molecule has 1 aliphatic rings. The van der Waals surface area contributed by atoms with Gasteiger partial charge in [0, 0.05) is 0 Å². The van der Waals surface area contributed by atoms with Gasteiger partial charge in [0.1, 0.15) is 24.2 Å². The molecule has 4 heteroatoms. The minimum Gasteiger partial charge on any atom is -0.462 e.